The van der Waals surface area contributed by atoms with Crippen LogP contribution in [0.1, 0.15) is 12.8 Å². The zero-order valence-electron chi connectivity index (χ0n) is 11.5. The van der Waals surface area contributed by atoms with E-state index in [0.29, 0.717) is 10.9 Å². The molecular formula is C14H18N4OS. The molecule has 5 nitrogen and oxygen atoms in total. The number of ether oxygens (including phenoxy) is 1. The van der Waals surface area contributed by atoms with Crippen molar-refractivity contribution < 1.29 is 4.74 Å². The van der Waals surface area contributed by atoms with E-state index in [0.717, 1.165) is 37.6 Å². The van der Waals surface area contributed by atoms with Gasteiger partial charge in [0, 0.05) is 20.2 Å². The summed E-state index contributed by atoms with van der Waals surface area (Å²) < 4.78 is 8.03. The van der Waals surface area contributed by atoms with Crippen molar-refractivity contribution in [2.45, 2.75) is 18.9 Å². The van der Waals surface area contributed by atoms with Gasteiger partial charge in [0.2, 0.25) is 10.7 Å². The number of anilines is 1. The minimum atomic E-state index is 0.360. The van der Waals surface area contributed by atoms with E-state index in [4.69, 9.17) is 17.0 Å². The Kier molecular flexibility index (Phi) is 3.84. The molecule has 0 unspecified atom stereocenters. The van der Waals surface area contributed by atoms with Crippen molar-refractivity contribution in [2.24, 2.45) is 0 Å². The first kappa shape index (κ1) is 13.3. The van der Waals surface area contributed by atoms with Gasteiger partial charge in [-0.15, -0.1) is 5.10 Å². The fourth-order valence-corrected chi connectivity index (χ4v) is 2.83. The van der Waals surface area contributed by atoms with Crippen LogP contribution in [-0.4, -0.2) is 41.1 Å². The van der Waals surface area contributed by atoms with Gasteiger partial charge in [0.15, 0.2) is 0 Å². The van der Waals surface area contributed by atoms with Crippen LogP contribution < -0.4 is 4.90 Å². The molecule has 106 valence electrons. The fourth-order valence-electron chi connectivity index (χ4n) is 2.60. The normalized spacial score (nSPS) is 16.6. The number of nitrogens with one attached hydrogen (secondary N) is 1. The van der Waals surface area contributed by atoms with Crippen LogP contribution in [0.5, 0.6) is 0 Å². The molecule has 0 atom stereocenters. The number of benzene rings is 1. The Bertz CT molecular complexity index is 614. The SMILES string of the molecule is COC1CCN(c2n[nH]c(=S)n2-c2ccccc2)CC1. The minimum Gasteiger partial charge on any atom is -0.381 e. The molecule has 0 aliphatic carbocycles. The van der Waals surface area contributed by atoms with Crippen LogP contribution in [0.15, 0.2) is 30.3 Å². The summed E-state index contributed by atoms with van der Waals surface area (Å²) in [7, 11) is 1.78. The minimum absolute atomic E-state index is 0.360. The monoisotopic (exact) mass is 290 g/mol. The number of aromatic nitrogens is 3. The van der Waals surface area contributed by atoms with Gasteiger partial charge in [0.05, 0.1) is 11.8 Å². The molecule has 1 fully saturated rings. The number of methoxy groups -OCH3 is 1. The molecule has 1 N–H and O–H groups in total. The lowest BCUT2D eigenvalue weighted by molar-refractivity contribution is 0.0816. The smallest absolute Gasteiger partial charge is 0.230 e. The third kappa shape index (κ3) is 2.48. The zero-order chi connectivity index (χ0) is 13.9. The summed E-state index contributed by atoms with van der Waals surface area (Å²) in [6, 6.07) is 10.1. The summed E-state index contributed by atoms with van der Waals surface area (Å²) in [4.78, 5) is 2.26. The molecular weight excluding hydrogens is 272 g/mol. The molecule has 1 aliphatic rings. The molecule has 1 aromatic carbocycles. The third-order valence-corrected chi connectivity index (χ3v) is 4.00. The first-order valence-electron chi connectivity index (χ1n) is 6.80. The number of nitrogens with zero attached hydrogens (tertiary/aromatic N) is 3. The number of hydrogen-bond donors (Lipinski definition) is 1. The van der Waals surface area contributed by atoms with Crippen molar-refractivity contribution in [3.05, 3.63) is 35.1 Å². The summed E-state index contributed by atoms with van der Waals surface area (Å²) in [5, 5.41) is 7.30. The Balaban J connectivity index is 1.90. The number of aromatic amines is 1. The second kappa shape index (κ2) is 5.76. The molecule has 2 heterocycles. The van der Waals surface area contributed by atoms with Crippen molar-refractivity contribution in [1.29, 1.82) is 0 Å². The van der Waals surface area contributed by atoms with Crippen molar-refractivity contribution in [3.8, 4) is 5.69 Å². The topological polar surface area (TPSA) is 46.1 Å². The fraction of sp³-hybridized carbons (Fsp3) is 0.429. The number of rotatable bonds is 3. The predicted octanol–water partition coefficient (Wildman–Crippen LogP) is 2.55. The van der Waals surface area contributed by atoms with Crippen LogP contribution in [0.25, 0.3) is 5.69 Å². The van der Waals surface area contributed by atoms with E-state index in [9.17, 15) is 0 Å². The Hall–Kier alpha value is -1.66. The van der Waals surface area contributed by atoms with Crippen molar-refractivity contribution in [3.63, 3.8) is 0 Å². The highest BCUT2D eigenvalue weighted by Crippen LogP contribution is 2.22. The maximum absolute atomic E-state index is 5.41. The molecule has 0 saturated carbocycles. The van der Waals surface area contributed by atoms with E-state index in [2.05, 4.69) is 15.1 Å². The number of para-hydroxylation sites is 1. The van der Waals surface area contributed by atoms with Crippen LogP contribution in [0.3, 0.4) is 0 Å². The maximum Gasteiger partial charge on any atom is 0.230 e. The average Bonchev–Trinajstić information content (AvgIpc) is 2.90. The quantitative estimate of drug-likeness (QED) is 0.883. The summed E-state index contributed by atoms with van der Waals surface area (Å²) in [6.07, 6.45) is 2.40. The predicted molar refractivity (Wildman–Crippen MR) is 81.0 cm³/mol. The molecule has 20 heavy (non-hydrogen) atoms. The molecule has 2 aromatic rings. The molecule has 3 rings (SSSR count). The van der Waals surface area contributed by atoms with Crippen LogP contribution in [-0.2, 0) is 4.74 Å². The first-order chi connectivity index (χ1) is 9.79. The van der Waals surface area contributed by atoms with E-state index < -0.39 is 0 Å². The number of piperidine rings is 1. The summed E-state index contributed by atoms with van der Waals surface area (Å²) in [6.45, 7) is 1.87. The van der Waals surface area contributed by atoms with Crippen LogP contribution in [0.4, 0.5) is 5.95 Å². The van der Waals surface area contributed by atoms with Gasteiger partial charge < -0.3 is 9.64 Å². The lowest BCUT2D eigenvalue weighted by Gasteiger charge is -2.31. The highest BCUT2D eigenvalue weighted by atomic mass is 32.1. The van der Waals surface area contributed by atoms with E-state index in [-0.39, 0.29) is 0 Å². The zero-order valence-corrected chi connectivity index (χ0v) is 12.3. The number of H-pyrrole nitrogens is 1. The Morgan fingerprint density at radius 3 is 2.60 bits per heavy atom. The van der Waals surface area contributed by atoms with Crippen molar-refractivity contribution in [2.75, 3.05) is 25.1 Å². The molecule has 1 aromatic heterocycles. The summed E-state index contributed by atoms with van der Waals surface area (Å²) >= 11 is 5.36. The van der Waals surface area contributed by atoms with Crippen LogP contribution in [0.2, 0.25) is 0 Å². The van der Waals surface area contributed by atoms with Gasteiger partial charge in [0.25, 0.3) is 0 Å². The first-order valence-corrected chi connectivity index (χ1v) is 7.21. The second-order valence-corrected chi connectivity index (χ2v) is 5.31. The summed E-state index contributed by atoms with van der Waals surface area (Å²) in [5.41, 5.74) is 1.04. The van der Waals surface area contributed by atoms with Gasteiger partial charge >= 0.3 is 0 Å². The van der Waals surface area contributed by atoms with Crippen molar-refractivity contribution >= 4 is 18.2 Å². The molecule has 1 aliphatic heterocycles. The van der Waals surface area contributed by atoms with Gasteiger partial charge in [0.1, 0.15) is 0 Å². The van der Waals surface area contributed by atoms with Gasteiger partial charge in [-0.1, -0.05) is 18.2 Å². The van der Waals surface area contributed by atoms with E-state index >= 15 is 0 Å². The highest BCUT2D eigenvalue weighted by Gasteiger charge is 2.23. The van der Waals surface area contributed by atoms with Crippen LogP contribution in [0, 0.1) is 4.77 Å². The largest absolute Gasteiger partial charge is 0.381 e. The molecule has 0 amide bonds. The number of hydrogen-bond acceptors (Lipinski definition) is 4. The van der Waals surface area contributed by atoms with E-state index in [1.807, 2.05) is 34.9 Å². The Morgan fingerprint density at radius 2 is 1.95 bits per heavy atom. The second-order valence-electron chi connectivity index (χ2n) is 4.92. The van der Waals surface area contributed by atoms with Crippen LogP contribution >= 0.6 is 12.2 Å². The van der Waals surface area contributed by atoms with Gasteiger partial charge in [-0.05, 0) is 37.2 Å². The lowest BCUT2D eigenvalue weighted by Crippen LogP contribution is -2.38. The molecule has 0 radical (unpaired) electrons. The molecule has 0 spiro atoms. The third-order valence-electron chi connectivity index (χ3n) is 3.73. The standard InChI is InChI=1S/C14H18N4OS/c1-19-12-7-9-17(10-8-12)13-15-16-14(20)18(13)11-5-3-2-4-6-11/h2-6,12H,7-10H2,1H3,(H,16,20). The van der Waals surface area contributed by atoms with E-state index in [1.165, 1.54) is 0 Å². The molecule has 0 bridgehead atoms. The average molecular weight is 290 g/mol. The van der Waals surface area contributed by atoms with Gasteiger partial charge in [-0.25, -0.2) is 5.10 Å². The van der Waals surface area contributed by atoms with E-state index in [1.54, 1.807) is 7.11 Å². The lowest BCUT2D eigenvalue weighted by atomic mass is 10.1. The van der Waals surface area contributed by atoms with Gasteiger partial charge in [-0.2, -0.15) is 0 Å². The molecule has 1 saturated heterocycles. The Labute approximate surface area is 123 Å². The highest BCUT2D eigenvalue weighted by molar-refractivity contribution is 7.71. The van der Waals surface area contributed by atoms with Crippen molar-refractivity contribution in [1.82, 2.24) is 14.8 Å². The summed E-state index contributed by atoms with van der Waals surface area (Å²) in [5.74, 6) is 0.885. The maximum atomic E-state index is 5.41. The Morgan fingerprint density at radius 1 is 1.25 bits per heavy atom. The van der Waals surface area contributed by atoms with Gasteiger partial charge in [-0.3, -0.25) is 4.57 Å². The molecule has 6 heteroatoms.